The Hall–Kier alpha value is -2.05. The summed E-state index contributed by atoms with van der Waals surface area (Å²) >= 11 is 6.31. The molecular formula is C20H22ClNO5. The van der Waals surface area contributed by atoms with Crippen LogP contribution in [0.2, 0.25) is 5.02 Å². The molecule has 2 heterocycles. The molecule has 0 N–H and O–H groups in total. The van der Waals surface area contributed by atoms with E-state index < -0.39 is 5.63 Å². The fraction of sp³-hybridized carbons (Fsp3) is 0.500. The Morgan fingerprint density at radius 2 is 2.11 bits per heavy atom. The van der Waals surface area contributed by atoms with Crippen LogP contribution in [0.1, 0.15) is 31.2 Å². The molecule has 0 spiro atoms. The number of nitrogens with zero attached hydrogens (tertiary/aromatic N) is 1. The van der Waals surface area contributed by atoms with Gasteiger partial charge < -0.3 is 18.8 Å². The van der Waals surface area contributed by atoms with E-state index in [4.69, 9.17) is 25.5 Å². The van der Waals surface area contributed by atoms with Crippen molar-refractivity contribution >= 4 is 28.5 Å². The van der Waals surface area contributed by atoms with Crippen molar-refractivity contribution in [3.05, 3.63) is 39.2 Å². The lowest BCUT2D eigenvalue weighted by molar-refractivity contribution is -0.151. The first kappa shape index (κ1) is 18.3. The van der Waals surface area contributed by atoms with Crippen LogP contribution < -0.4 is 10.4 Å². The van der Waals surface area contributed by atoms with E-state index in [0.717, 1.165) is 36.6 Å². The summed E-state index contributed by atoms with van der Waals surface area (Å²) in [4.78, 5) is 26.2. The summed E-state index contributed by atoms with van der Waals surface area (Å²) in [6.07, 6.45) is 4.38. The molecule has 0 radical (unpaired) electrons. The lowest BCUT2D eigenvalue weighted by Crippen LogP contribution is -2.55. The topological polar surface area (TPSA) is 69.0 Å². The van der Waals surface area contributed by atoms with Crippen molar-refractivity contribution in [2.45, 2.75) is 44.8 Å². The Morgan fingerprint density at radius 3 is 2.96 bits per heavy atom. The zero-order chi connectivity index (χ0) is 19.0. The van der Waals surface area contributed by atoms with Crippen molar-refractivity contribution in [2.24, 2.45) is 0 Å². The van der Waals surface area contributed by atoms with Gasteiger partial charge in [-0.05, 0) is 31.4 Å². The molecule has 1 aliphatic heterocycles. The van der Waals surface area contributed by atoms with Crippen molar-refractivity contribution in [3.8, 4) is 5.75 Å². The highest BCUT2D eigenvalue weighted by molar-refractivity contribution is 6.32. The molecule has 1 aromatic heterocycles. The van der Waals surface area contributed by atoms with Gasteiger partial charge in [0.05, 0.1) is 23.8 Å². The largest absolute Gasteiger partial charge is 0.482 e. The predicted molar refractivity (Wildman–Crippen MR) is 101 cm³/mol. The van der Waals surface area contributed by atoms with Crippen LogP contribution in [-0.2, 0) is 9.53 Å². The van der Waals surface area contributed by atoms with E-state index in [2.05, 4.69) is 0 Å². The molecule has 2 aliphatic rings. The number of ether oxygens (including phenoxy) is 2. The van der Waals surface area contributed by atoms with Crippen LogP contribution in [0.15, 0.2) is 27.4 Å². The zero-order valence-corrected chi connectivity index (χ0v) is 16.0. The number of hydrogen-bond acceptors (Lipinski definition) is 5. The maximum Gasteiger partial charge on any atom is 0.336 e. The van der Waals surface area contributed by atoms with Crippen LogP contribution >= 0.6 is 11.6 Å². The number of carbonyl (C=O) groups excluding carboxylic acids is 1. The maximum absolute atomic E-state index is 12.7. The number of rotatable bonds is 3. The van der Waals surface area contributed by atoms with E-state index in [-0.39, 0.29) is 24.7 Å². The molecule has 0 unspecified atom stereocenters. The molecule has 1 saturated heterocycles. The molecule has 2 aromatic rings. The number of benzene rings is 1. The molecule has 6 nitrogen and oxygen atoms in total. The number of hydrogen-bond donors (Lipinski definition) is 0. The van der Waals surface area contributed by atoms with Gasteiger partial charge in [-0.2, -0.15) is 0 Å². The summed E-state index contributed by atoms with van der Waals surface area (Å²) in [6, 6.07) is 4.82. The highest BCUT2D eigenvalue weighted by Crippen LogP contribution is 2.32. The smallest absolute Gasteiger partial charge is 0.336 e. The van der Waals surface area contributed by atoms with Crippen LogP contribution in [0.25, 0.3) is 11.0 Å². The van der Waals surface area contributed by atoms with Crippen LogP contribution in [0.5, 0.6) is 5.75 Å². The average molecular weight is 392 g/mol. The summed E-state index contributed by atoms with van der Waals surface area (Å²) in [5.74, 6) is 0.261. The Labute approximate surface area is 162 Å². The minimum absolute atomic E-state index is 0.0722. The standard InChI is InChI=1S/C20H22ClNO5/c1-12-8-20(24)27-17-10-18(14(21)9-13(12)17)26-11-19(23)22-6-7-25-16-5-3-2-4-15(16)22/h8-10,15-16H,2-7,11H2,1H3/t15-,16+/m1/s1. The predicted octanol–water partition coefficient (Wildman–Crippen LogP) is 3.30. The lowest BCUT2D eigenvalue weighted by atomic mass is 9.90. The molecule has 2 atom stereocenters. The molecule has 1 aliphatic carbocycles. The Balaban J connectivity index is 1.50. The molecular weight excluding hydrogens is 370 g/mol. The second kappa shape index (κ2) is 7.52. The van der Waals surface area contributed by atoms with Gasteiger partial charge in [-0.15, -0.1) is 0 Å². The zero-order valence-electron chi connectivity index (χ0n) is 15.2. The maximum atomic E-state index is 12.7. The molecule has 1 saturated carbocycles. The van der Waals surface area contributed by atoms with Crippen LogP contribution in [-0.4, -0.2) is 42.7 Å². The summed E-state index contributed by atoms with van der Waals surface area (Å²) in [6.45, 7) is 2.86. The fourth-order valence-corrected chi connectivity index (χ4v) is 4.28. The van der Waals surface area contributed by atoms with Crippen LogP contribution in [0, 0.1) is 6.92 Å². The Kier molecular flexibility index (Phi) is 5.10. The number of amides is 1. The lowest BCUT2D eigenvalue weighted by Gasteiger charge is -2.43. The van der Waals surface area contributed by atoms with Gasteiger partial charge in [0.1, 0.15) is 11.3 Å². The third kappa shape index (κ3) is 3.69. The van der Waals surface area contributed by atoms with Crippen LogP contribution in [0.4, 0.5) is 0 Å². The Morgan fingerprint density at radius 1 is 1.30 bits per heavy atom. The number of carbonyl (C=O) groups is 1. The normalized spacial score (nSPS) is 22.5. The number of fused-ring (bicyclic) bond motifs is 2. The molecule has 2 fully saturated rings. The van der Waals surface area contributed by atoms with Gasteiger partial charge in [-0.25, -0.2) is 4.79 Å². The van der Waals surface area contributed by atoms with E-state index in [0.29, 0.717) is 29.5 Å². The first-order valence-corrected chi connectivity index (χ1v) is 9.68. The molecule has 7 heteroatoms. The first-order valence-electron chi connectivity index (χ1n) is 9.31. The molecule has 27 heavy (non-hydrogen) atoms. The van der Waals surface area contributed by atoms with Gasteiger partial charge >= 0.3 is 5.63 Å². The van der Waals surface area contributed by atoms with E-state index in [1.165, 1.54) is 6.07 Å². The van der Waals surface area contributed by atoms with Crippen molar-refractivity contribution in [1.82, 2.24) is 4.90 Å². The third-order valence-corrected chi connectivity index (χ3v) is 5.70. The van der Waals surface area contributed by atoms with Gasteiger partial charge in [0.15, 0.2) is 6.61 Å². The minimum atomic E-state index is -0.430. The monoisotopic (exact) mass is 391 g/mol. The highest BCUT2D eigenvalue weighted by atomic mass is 35.5. The highest BCUT2D eigenvalue weighted by Gasteiger charge is 2.36. The molecule has 144 valence electrons. The Bertz CT molecular complexity index is 922. The van der Waals surface area contributed by atoms with E-state index in [9.17, 15) is 9.59 Å². The van der Waals surface area contributed by atoms with Crippen molar-refractivity contribution in [3.63, 3.8) is 0 Å². The van der Waals surface area contributed by atoms with Gasteiger partial charge in [-0.1, -0.05) is 24.4 Å². The number of halogens is 1. The number of aryl methyl sites for hydroxylation is 1. The number of morpholine rings is 1. The SMILES string of the molecule is Cc1cc(=O)oc2cc(OCC(=O)N3CCO[C@H]4CCCC[C@H]43)c(Cl)cc12. The van der Waals surface area contributed by atoms with Gasteiger partial charge in [-0.3, -0.25) is 4.79 Å². The van der Waals surface area contributed by atoms with Crippen molar-refractivity contribution < 1.29 is 18.7 Å². The molecule has 4 rings (SSSR count). The summed E-state index contributed by atoms with van der Waals surface area (Å²) in [7, 11) is 0. The third-order valence-electron chi connectivity index (χ3n) is 5.41. The minimum Gasteiger partial charge on any atom is -0.482 e. The van der Waals surface area contributed by atoms with Gasteiger partial charge in [0.2, 0.25) is 0 Å². The summed E-state index contributed by atoms with van der Waals surface area (Å²) < 4.78 is 16.7. The average Bonchev–Trinajstić information content (AvgIpc) is 2.66. The van der Waals surface area contributed by atoms with Crippen molar-refractivity contribution in [2.75, 3.05) is 19.8 Å². The fourth-order valence-electron chi connectivity index (χ4n) is 4.06. The van der Waals surface area contributed by atoms with Crippen molar-refractivity contribution in [1.29, 1.82) is 0 Å². The molecule has 1 aromatic carbocycles. The molecule has 0 bridgehead atoms. The quantitative estimate of drug-likeness (QED) is 0.751. The summed E-state index contributed by atoms with van der Waals surface area (Å²) in [5, 5.41) is 1.13. The van der Waals surface area contributed by atoms with E-state index in [1.54, 1.807) is 12.1 Å². The van der Waals surface area contributed by atoms with E-state index >= 15 is 0 Å². The molecule has 1 amide bonds. The second-order valence-electron chi connectivity index (χ2n) is 7.16. The van der Waals surface area contributed by atoms with Gasteiger partial charge in [0.25, 0.3) is 5.91 Å². The van der Waals surface area contributed by atoms with Gasteiger partial charge in [0, 0.05) is 24.1 Å². The first-order chi connectivity index (χ1) is 13.0. The van der Waals surface area contributed by atoms with E-state index in [1.807, 2.05) is 11.8 Å². The summed E-state index contributed by atoms with van der Waals surface area (Å²) in [5.41, 5.74) is 0.744. The second-order valence-corrected chi connectivity index (χ2v) is 7.57. The van der Waals surface area contributed by atoms with Crippen LogP contribution in [0.3, 0.4) is 0 Å².